The van der Waals surface area contributed by atoms with E-state index in [4.69, 9.17) is 10.00 Å². The molecule has 3 heterocycles. The first-order valence-corrected chi connectivity index (χ1v) is 11.0. The number of hydrogen-bond donors (Lipinski definition) is 1. The second-order valence-electron chi connectivity index (χ2n) is 7.20. The zero-order valence-corrected chi connectivity index (χ0v) is 18.7. The molecule has 0 fully saturated rings. The van der Waals surface area contributed by atoms with Crippen LogP contribution in [0.4, 0.5) is 5.13 Å². The topological polar surface area (TPSA) is 114 Å². The van der Waals surface area contributed by atoms with Gasteiger partial charge in [-0.3, -0.25) is 10.1 Å². The summed E-state index contributed by atoms with van der Waals surface area (Å²) in [6, 6.07) is 20.4. The number of hydrogen-bond acceptors (Lipinski definition) is 8. The van der Waals surface area contributed by atoms with Crippen LogP contribution >= 0.6 is 11.3 Å². The molecular weight excluding hydrogens is 448 g/mol. The van der Waals surface area contributed by atoms with Gasteiger partial charge >= 0.3 is 0 Å². The first kappa shape index (κ1) is 21.2. The Morgan fingerprint density at radius 1 is 0.971 bits per heavy atom. The van der Waals surface area contributed by atoms with Gasteiger partial charge in [-0.1, -0.05) is 41.7 Å². The molecule has 0 spiro atoms. The molecule has 8 nitrogen and oxygen atoms in total. The van der Waals surface area contributed by atoms with E-state index in [-0.39, 0.29) is 5.91 Å². The lowest BCUT2D eigenvalue weighted by molar-refractivity contribution is 0.102. The van der Waals surface area contributed by atoms with Gasteiger partial charge in [-0.15, -0.1) is 0 Å². The average molecular weight is 465 g/mol. The van der Waals surface area contributed by atoms with Gasteiger partial charge in [0, 0.05) is 16.7 Å². The summed E-state index contributed by atoms with van der Waals surface area (Å²) < 4.78 is 5.44. The fraction of sp³-hybridized carbons (Fsp3) is 0.0400. The van der Waals surface area contributed by atoms with E-state index in [0.717, 1.165) is 16.8 Å². The largest absolute Gasteiger partial charge is 0.496 e. The Morgan fingerprint density at radius 3 is 2.56 bits per heavy atom. The Labute approximate surface area is 198 Å². The highest BCUT2D eigenvalue weighted by molar-refractivity contribution is 7.22. The van der Waals surface area contributed by atoms with Gasteiger partial charge in [0.05, 0.1) is 42.4 Å². The highest BCUT2D eigenvalue weighted by Gasteiger charge is 2.18. The summed E-state index contributed by atoms with van der Waals surface area (Å²) >= 11 is 1.28. The van der Waals surface area contributed by atoms with Gasteiger partial charge in [-0.05, 0) is 30.3 Å². The quantitative estimate of drug-likeness (QED) is 0.391. The average Bonchev–Trinajstić information content (AvgIpc) is 3.30. The molecule has 5 aromatic rings. The summed E-state index contributed by atoms with van der Waals surface area (Å²) in [5.41, 5.74) is 4.61. The number of nitrogens with one attached hydrogen (secondary N) is 1. The molecule has 0 aliphatic carbocycles. The fourth-order valence-corrected chi connectivity index (χ4v) is 4.33. The second kappa shape index (κ2) is 9.05. The number of para-hydroxylation sites is 1. The van der Waals surface area contributed by atoms with Crippen LogP contribution in [0.15, 0.2) is 73.1 Å². The highest BCUT2D eigenvalue weighted by atomic mass is 32.1. The van der Waals surface area contributed by atoms with E-state index in [1.54, 1.807) is 19.2 Å². The van der Waals surface area contributed by atoms with Crippen LogP contribution in [0.2, 0.25) is 0 Å². The van der Waals surface area contributed by atoms with E-state index < -0.39 is 0 Å². The minimum absolute atomic E-state index is 0.352. The SMILES string of the molecule is COc1ccccc1-c1cnncc1C(=O)Nc1nc2ccc(-c3ccc(C#N)cc3)nc2s1. The first-order chi connectivity index (χ1) is 16.7. The van der Waals surface area contributed by atoms with Crippen LogP contribution < -0.4 is 10.1 Å². The number of aromatic nitrogens is 4. The highest BCUT2D eigenvalue weighted by Crippen LogP contribution is 2.32. The number of benzene rings is 2. The number of carbonyl (C=O) groups excluding carboxylic acids is 1. The molecule has 0 aliphatic rings. The van der Waals surface area contributed by atoms with Gasteiger partial charge in [0.15, 0.2) is 5.13 Å². The standard InChI is InChI=1S/C25H16N6O2S/c1-33-22-5-3-2-4-17(22)18-13-27-28-14-19(18)23(32)31-25-30-21-11-10-20(29-24(21)34-25)16-8-6-15(12-26)7-9-16/h2-11,13-14H,1H3,(H,30,31,32). The Morgan fingerprint density at radius 2 is 1.76 bits per heavy atom. The zero-order chi connectivity index (χ0) is 23.5. The molecule has 0 bridgehead atoms. The van der Waals surface area contributed by atoms with Crippen molar-refractivity contribution in [1.82, 2.24) is 20.2 Å². The van der Waals surface area contributed by atoms with Crippen LogP contribution in [-0.2, 0) is 0 Å². The van der Waals surface area contributed by atoms with E-state index in [0.29, 0.717) is 37.9 Å². The molecule has 1 N–H and O–H groups in total. The summed E-state index contributed by atoms with van der Waals surface area (Å²) in [4.78, 5) is 23.0. The number of anilines is 1. The number of nitriles is 1. The number of thiazole rings is 1. The number of nitrogens with zero attached hydrogens (tertiary/aromatic N) is 5. The maximum atomic E-state index is 13.1. The molecule has 0 saturated heterocycles. The third-order valence-corrected chi connectivity index (χ3v) is 6.04. The number of rotatable bonds is 5. The number of ether oxygens (including phenoxy) is 1. The van der Waals surface area contributed by atoms with Crippen molar-refractivity contribution >= 4 is 32.7 Å². The predicted octanol–water partition coefficient (Wildman–Crippen LogP) is 4.95. The lowest BCUT2D eigenvalue weighted by Crippen LogP contribution is -2.14. The van der Waals surface area contributed by atoms with E-state index in [1.165, 1.54) is 23.7 Å². The van der Waals surface area contributed by atoms with Crippen molar-refractivity contribution in [1.29, 1.82) is 5.26 Å². The molecule has 0 atom stereocenters. The lowest BCUT2D eigenvalue weighted by Gasteiger charge is -2.11. The minimum Gasteiger partial charge on any atom is -0.496 e. The van der Waals surface area contributed by atoms with Gasteiger partial charge in [-0.2, -0.15) is 15.5 Å². The summed E-state index contributed by atoms with van der Waals surface area (Å²) in [7, 11) is 1.58. The Balaban J connectivity index is 1.44. The molecule has 1 amide bonds. The van der Waals surface area contributed by atoms with Crippen molar-refractivity contribution in [3.8, 4) is 34.2 Å². The second-order valence-corrected chi connectivity index (χ2v) is 8.18. The van der Waals surface area contributed by atoms with Gasteiger partial charge in [0.25, 0.3) is 5.91 Å². The van der Waals surface area contributed by atoms with Crippen molar-refractivity contribution in [3.05, 3.63) is 84.2 Å². The number of methoxy groups -OCH3 is 1. The van der Waals surface area contributed by atoms with Crippen LogP contribution in [0, 0.1) is 11.3 Å². The monoisotopic (exact) mass is 464 g/mol. The predicted molar refractivity (Wildman–Crippen MR) is 130 cm³/mol. The third-order valence-electron chi connectivity index (χ3n) is 5.16. The first-order valence-electron chi connectivity index (χ1n) is 10.2. The van der Waals surface area contributed by atoms with Crippen LogP contribution in [0.5, 0.6) is 5.75 Å². The summed E-state index contributed by atoms with van der Waals surface area (Å²) in [6.45, 7) is 0. The summed E-state index contributed by atoms with van der Waals surface area (Å²) in [5, 5.41) is 20.1. The van der Waals surface area contributed by atoms with E-state index in [1.807, 2.05) is 48.5 Å². The number of fused-ring (bicyclic) bond motifs is 1. The molecule has 0 radical (unpaired) electrons. The third kappa shape index (κ3) is 4.05. The van der Waals surface area contributed by atoms with Crippen LogP contribution in [0.1, 0.15) is 15.9 Å². The fourth-order valence-electron chi connectivity index (χ4n) is 3.50. The molecule has 34 heavy (non-hydrogen) atoms. The molecular formula is C25H16N6O2S. The molecule has 3 aromatic heterocycles. The van der Waals surface area contributed by atoms with Gasteiger partial charge in [-0.25, -0.2) is 9.97 Å². The lowest BCUT2D eigenvalue weighted by atomic mass is 10.0. The van der Waals surface area contributed by atoms with Crippen molar-refractivity contribution < 1.29 is 9.53 Å². The molecule has 0 unspecified atom stereocenters. The van der Waals surface area contributed by atoms with Gasteiger partial charge < -0.3 is 4.74 Å². The van der Waals surface area contributed by atoms with E-state index in [9.17, 15) is 4.79 Å². The normalized spacial score (nSPS) is 10.6. The van der Waals surface area contributed by atoms with Gasteiger partial charge in [0.2, 0.25) is 0 Å². The maximum absolute atomic E-state index is 13.1. The van der Waals surface area contributed by atoms with Crippen molar-refractivity contribution in [2.45, 2.75) is 0 Å². The van der Waals surface area contributed by atoms with E-state index in [2.05, 4.69) is 31.6 Å². The zero-order valence-electron chi connectivity index (χ0n) is 17.9. The molecule has 0 aliphatic heterocycles. The van der Waals surface area contributed by atoms with Crippen molar-refractivity contribution in [3.63, 3.8) is 0 Å². The Hall–Kier alpha value is -4.68. The van der Waals surface area contributed by atoms with Crippen LogP contribution in [0.3, 0.4) is 0 Å². The van der Waals surface area contributed by atoms with Crippen LogP contribution in [0.25, 0.3) is 32.7 Å². The summed E-state index contributed by atoms with van der Waals surface area (Å²) in [6.07, 6.45) is 2.96. The van der Waals surface area contributed by atoms with Gasteiger partial charge in [0.1, 0.15) is 16.1 Å². The van der Waals surface area contributed by atoms with Crippen molar-refractivity contribution in [2.75, 3.05) is 12.4 Å². The number of pyridine rings is 1. The molecule has 0 saturated carbocycles. The molecule has 2 aromatic carbocycles. The number of carbonyl (C=O) groups is 1. The van der Waals surface area contributed by atoms with E-state index >= 15 is 0 Å². The minimum atomic E-state index is -0.359. The Kier molecular flexibility index (Phi) is 5.64. The summed E-state index contributed by atoms with van der Waals surface area (Å²) in [5.74, 6) is 0.270. The Bertz CT molecular complexity index is 1560. The molecule has 5 rings (SSSR count). The molecule has 9 heteroatoms. The maximum Gasteiger partial charge on any atom is 0.259 e. The van der Waals surface area contributed by atoms with Crippen LogP contribution in [-0.4, -0.2) is 33.2 Å². The number of amides is 1. The van der Waals surface area contributed by atoms with Crippen molar-refractivity contribution in [2.24, 2.45) is 0 Å². The molecule has 164 valence electrons. The smallest absolute Gasteiger partial charge is 0.259 e.